The predicted molar refractivity (Wildman–Crippen MR) is 69.1 cm³/mol. The van der Waals surface area contributed by atoms with Crippen LogP contribution in [-0.2, 0) is 24.4 Å². The van der Waals surface area contributed by atoms with Crippen LogP contribution in [0.2, 0.25) is 0 Å². The van der Waals surface area contributed by atoms with Crippen molar-refractivity contribution in [3.8, 4) is 0 Å². The molecular weight excluding hydrogens is 280 g/mol. The van der Waals surface area contributed by atoms with Crippen molar-refractivity contribution in [1.82, 2.24) is 0 Å². The van der Waals surface area contributed by atoms with E-state index in [9.17, 15) is 16.8 Å². The minimum absolute atomic E-state index is 0.495. The van der Waals surface area contributed by atoms with Gasteiger partial charge in [0.1, 0.15) is 0 Å². The Bertz CT molecular complexity index is 461. The lowest BCUT2D eigenvalue weighted by atomic mass is 9.74. The van der Waals surface area contributed by atoms with E-state index in [4.69, 9.17) is 8.74 Å². The molecule has 0 rings (SSSR count). The molecule has 18 heavy (non-hydrogen) atoms. The van der Waals surface area contributed by atoms with Crippen LogP contribution in [0.5, 0.6) is 0 Å². The van der Waals surface area contributed by atoms with Crippen LogP contribution < -0.4 is 0 Å². The second-order valence-corrected chi connectivity index (χ2v) is 9.88. The van der Waals surface area contributed by atoms with Crippen LogP contribution in [0, 0.1) is 10.8 Å². The van der Waals surface area contributed by atoms with Crippen LogP contribution in [0.3, 0.4) is 0 Å². The van der Waals surface area contributed by atoms with Gasteiger partial charge in [0.05, 0.1) is 6.10 Å². The summed E-state index contributed by atoms with van der Waals surface area (Å²) in [6.45, 7) is 10.8. The molecule has 0 bridgehead atoms. The van der Waals surface area contributed by atoms with E-state index in [-0.39, 0.29) is 0 Å². The molecule has 0 aromatic heterocycles. The standard InChI is InChI=1S/C10H22O6S2/c1-9(2,3)8(10(4,5)6)16-18(14,15)7-17(11,12)13/h8H,7H2,1-6H3,(H,11,12,13). The van der Waals surface area contributed by atoms with E-state index in [2.05, 4.69) is 0 Å². The fourth-order valence-corrected chi connectivity index (χ4v) is 4.50. The molecule has 0 unspecified atom stereocenters. The zero-order chi connectivity index (χ0) is 15.0. The molecule has 110 valence electrons. The van der Waals surface area contributed by atoms with Crippen LogP contribution in [-0.4, -0.2) is 32.6 Å². The molecule has 0 aromatic carbocycles. The Morgan fingerprint density at radius 2 is 1.28 bits per heavy atom. The smallest absolute Gasteiger partial charge is 0.284 e. The molecular formula is C10H22O6S2. The lowest BCUT2D eigenvalue weighted by Crippen LogP contribution is -2.42. The Kier molecular flexibility index (Phi) is 5.02. The predicted octanol–water partition coefficient (Wildman–Crippen LogP) is 1.64. The largest absolute Gasteiger partial charge is 0.285 e. The fourth-order valence-electron chi connectivity index (χ4n) is 1.94. The average Bonchev–Trinajstić information content (AvgIpc) is 1.90. The maximum absolute atomic E-state index is 11.6. The Hall–Kier alpha value is -0.180. The normalized spacial score (nSPS) is 15.1. The molecule has 0 aliphatic rings. The molecule has 0 saturated carbocycles. The zero-order valence-electron chi connectivity index (χ0n) is 11.6. The molecule has 8 heteroatoms. The molecule has 0 fully saturated rings. The first-order chi connectivity index (χ1) is 7.55. The molecule has 0 aromatic rings. The van der Waals surface area contributed by atoms with Gasteiger partial charge in [0, 0.05) is 0 Å². The number of hydrogen-bond donors (Lipinski definition) is 1. The molecule has 6 nitrogen and oxygen atoms in total. The van der Waals surface area contributed by atoms with Crippen molar-refractivity contribution in [3.05, 3.63) is 0 Å². The van der Waals surface area contributed by atoms with Crippen molar-refractivity contribution in [3.63, 3.8) is 0 Å². The van der Waals surface area contributed by atoms with Crippen molar-refractivity contribution >= 4 is 20.2 Å². The van der Waals surface area contributed by atoms with E-state index in [0.717, 1.165) is 0 Å². The fraction of sp³-hybridized carbons (Fsp3) is 1.00. The summed E-state index contributed by atoms with van der Waals surface area (Å²) in [6, 6.07) is 0. The highest BCUT2D eigenvalue weighted by Crippen LogP contribution is 2.37. The summed E-state index contributed by atoms with van der Waals surface area (Å²) in [5.41, 5.74) is -0.991. The van der Waals surface area contributed by atoms with Crippen molar-refractivity contribution < 1.29 is 25.6 Å². The molecule has 0 saturated heterocycles. The third-order valence-corrected chi connectivity index (χ3v) is 4.94. The molecule has 0 amide bonds. The molecule has 0 heterocycles. The zero-order valence-corrected chi connectivity index (χ0v) is 13.2. The van der Waals surface area contributed by atoms with Crippen LogP contribution in [0.1, 0.15) is 41.5 Å². The maximum Gasteiger partial charge on any atom is 0.284 e. The van der Waals surface area contributed by atoms with Gasteiger partial charge < -0.3 is 0 Å². The average molecular weight is 302 g/mol. The van der Waals surface area contributed by atoms with Crippen molar-refractivity contribution in [2.75, 3.05) is 5.08 Å². The van der Waals surface area contributed by atoms with E-state index in [1.165, 1.54) is 0 Å². The van der Waals surface area contributed by atoms with Gasteiger partial charge in [-0.3, -0.25) is 8.74 Å². The first kappa shape index (κ1) is 17.8. The van der Waals surface area contributed by atoms with Crippen LogP contribution in [0.15, 0.2) is 0 Å². The molecule has 0 aliphatic heterocycles. The van der Waals surface area contributed by atoms with Crippen molar-refractivity contribution in [2.24, 2.45) is 10.8 Å². The van der Waals surface area contributed by atoms with E-state index in [0.29, 0.717) is 0 Å². The van der Waals surface area contributed by atoms with Gasteiger partial charge in [-0.1, -0.05) is 41.5 Å². The summed E-state index contributed by atoms with van der Waals surface area (Å²) < 4.78 is 58.0. The van der Waals surface area contributed by atoms with Gasteiger partial charge in [0.15, 0.2) is 0 Å². The molecule has 0 aliphatic carbocycles. The van der Waals surface area contributed by atoms with Crippen LogP contribution in [0.25, 0.3) is 0 Å². The van der Waals surface area contributed by atoms with Gasteiger partial charge in [0.25, 0.3) is 20.2 Å². The molecule has 0 spiro atoms. The van der Waals surface area contributed by atoms with Crippen LogP contribution >= 0.6 is 0 Å². The lowest BCUT2D eigenvalue weighted by Gasteiger charge is -2.39. The highest BCUT2D eigenvalue weighted by Gasteiger charge is 2.40. The Labute approximate surface area is 110 Å². The van der Waals surface area contributed by atoms with Gasteiger partial charge in [-0.05, 0) is 10.8 Å². The summed E-state index contributed by atoms with van der Waals surface area (Å²) in [7, 11) is -8.97. The highest BCUT2D eigenvalue weighted by molar-refractivity contribution is 8.03. The Morgan fingerprint density at radius 1 is 0.944 bits per heavy atom. The van der Waals surface area contributed by atoms with Gasteiger partial charge in [-0.25, -0.2) is 0 Å². The monoisotopic (exact) mass is 302 g/mol. The van der Waals surface area contributed by atoms with Crippen LogP contribution in [0.4, 0.5) is 0 Å². The Morgan fingerprint density at radius 3 is 1.50 bits per heavy atom. The SMILES string of the molecule is CC(C)(C)C(OS(=O)(=O)CS(=O)(=O)O)C(C)(C)C. The molecule has 1 N–H and O–H groups in total. The Balaban J connectivity index is 5.27. The minimum atomic E-state index is -4.63. The minimum Gasteiger partial charge on any atom is -0.285 e. The van der Waals surface area contributed by atoms with Crippen molar-refractivity contribution in [2.45, 2.75) is 47.6 Å². The topological polar surface area (TPSA) is 97.7 Å². The third-order valence-electron chi connectivity index (χ3n) is 2.11. The van der Waals surface area contributed by atoms with Gasteiger partial charge in [-0.2, -0.15) is 16.8 Å². The quantitative estimate of drug-likeness (QED) is 0.626. The summed E-state index contributed by atoms with van der Waals surface area (Å²) in [5, 5.41) is -1.43. The van der Waals surface area contributed by atoms with E-state index in [1.54, 1.807) is 41.5 Å². The van der Waals surface area contributed by atoms with Gasteiger partial charge >= 0.3 is 0 Å². The second-order valence-electron chi connectivity index (χ2n) is 6.47. The second kappa shape index (κ2) is 5.07. The van der Waals surface area contributed by atoms with E-state index in [1.807, 2.05) is 0 Å². The number of rotatable bonds is 4. The first-order valence-corrected chi connectivity index (χ1v) is 8.59. The summed E-state index contributed by atoms with van der Waals surface area (Å²) in [4.78, 5) is 0. The lowest BCUT2D eigenvalue weighted by molar-refractivity contribution is 0.00371. The molecule has 0 atom stereocenters. The van der Waals surface area contributed by atoms with Gasteiger partial charge in [0.2, 0.25) is 5.08 Å². The van der Waals surface area contributed by atoms with Gasteiger partial charge in [-0.15, -0.1) is 0 Å². The third kappa shape index (κ3) is 6.67. The highest BCUT2D eigenvalue weighted by atomic mass is 32.3. The van der Waals surface area contributed by atoms with Crippen molar-refractivity contribution in [1.29, 1.82) is 0 Å². The molecule has 0 radical (unpaired) electrons. The number of hydrogen-bond acceptors (Lipinski definition) is 5. The maximum atomic E-state index is 11.6. The van der Waals surface area contributed by atoms with E-state index >= 15 is 0 Å². The summed E-state index contributed by atoms with van der Waals surface area (Å²) >= 11 is 0. The first-order valence-electron chi connectivity index (χ1n) is 5.41. The van der Waals surface area contributed by atoms with E-state index < -0.39 is 42.3 Å². The summed E-state index contributed by atoms with van der Waals surface area (Å²) in [5.74, 6) is 0. The summed E-state index contributed by atoms with van der Waals surface area (Å²) in [6.07, 6.45) is -0.711.